The van der Waals surface area contributed by atoms with Crippen molar-refractivity contribution in [1.29, 1.82) is 0 Å². The molecule has 1 amide bonds. The predicted octanol–water partition coefficient (Wildman–Crippen LogP) is 1.67. The Kier molecular flexibility index (Phi) is 5.89. The second-order valence-corrected chi connectivity index (χ2v) is 7.41. The van der Waals surface area contributed by atoms with Gasteiger partial charge in [0.1, 0.15) is 11.5 Å². The highest BCUT2D eigenvalue weighted by Crippen LogP contribution is 2.27. The van der Waals surface area contributed by atoms with Gasteiger partial charge in [0.25, 0.3) is 5.91 Å². The summed E-state index contributed by atoms with van der Waals surface area (Å²) in [6, 6.07) is 7.52. The van der Waals surface area contributed by atoms with Crippen LogP contribution in [0.4, 0.5) is 0 Å². The largest absolute Gasteiger partial charge is 0.383 e. The predicted molar refractivity (Wildman–Crippen MR) is 111 cm³/mol. The van der Waals surface area contributed by atoms with E-state index in [0.29, 0.717) is 44.0 Å². The fraction of sp³-hybridized carbons (Fsp3) is 0.476. The molecule has 9 nitrogen and oxygen atoms in total. The Hall–Kier alpha value is -3.07. The molecule has 1 aliphatic rings. The first-order chi connectivity index (χ1) is 14.6. The van der Waals surface area contributed by atoms with E-state index in [0.717, 1.165) is 24.2 Å². The topological polar surface area (TPSA) is 95.1 Å². The smallest absolute Gasteiger partial charge is 0.345 e. The van der Waals surface area contributed by atoms with Crippen LogP contribution in [0.15, 0.2) is 35.3 Å². The molecule has 3 heterocycles. The average molecular weight is 410 g/mol. The Balaban J connectivity index is 1.47. The number of amides is 1. The van der Waals surface area contributed by atoms with E-state index in [1.807, 2.05) is 36.1 Å². The van der Waals surface area contributed by atoms with Crippen LogP contribution in [0, 0.1) is 0 Å². The molecule has 30 heavy (non-hydrogen) atoms. The van der Waals surface area contributed by atoms with Crippen LogP contribution < -0.4 is 5.69 Å². The first kappa shape index (κ1) is 20.2. The third-order valence-corrected chi connectivity index (χ3v) is 5.59. The van der Waals surface area contributed by atoms with E-state index in [1.54, 1.807) is 17.9 Å². The number of fused-ring (bicyclic) bond motifs is 1. The minimum absolute atomic E-state index is 0.102. The third kappa shape index (κ3) is 3.85. The Morgan fingerprint density at radius 3 is 2.63 bits per heavy atom. The second-order valence-electron chi connectivity index (χ2n) is 7.41. The second kappa shape index (κ2) is 8.74. The van der Waals surface area contributed by atoms with Gasteiger partial charge in [0.05, 0.1) is 30.4 Å². The molecule has 1 aromatic carbocycles. The van der Waals surface area contributed by atoms with E-state index in [2.05, 4.69) is 15.1 Å². The van der Waals surface area contributed by atoms with Crippen molar-refractivity contribution in [3.63, 3.8) is 0 Å². The maximum Gasteiger partial charge on any atom is 0.345 e. The van der Waals surface area contributed by atoms with Crippen molar-refractivity contribution in [3.8, 4) is 0 Å². The van der Waals surface area contributed by atoms with Crippen LogP contribution in [0.25, 0.3) is 11.0 Å². The summed E-state index contributed by atoms with van der Waals surface area (Å²) in [4.78, 5) is 36.1. The zero-order valence-electron chi connectivity index (χ0n) is 17.3. The number of likely N-dealkylation sites (tertiary alicyclic amines) is 1. The average Bonchev–Trinajstić information content (AvgIpc) is 3.12. The molecule has 9 heteroatoms. The summed E-state index contributed by atoms with van der Waals surface area (Å²) in [5.41, 5.74) is 1.75. The first-order valence-electron chi connectivity index (χ1n) is 10.3. The quantitative estimate of drug-likeness (QED) is 0.614. The van der Waals surface area contributed by atoms with Gasteiger partial charge in [0.15, 0.2) is 0 Å². The number of hydrogen-bond donors (Lipinski definition) is 0. The number of carbonyl (C=O) groups is 1. The molecule has 0 spiro atoms. The maximum atomic E-state index is 12.9. The number of methoxy groups -OCH3 is 1. The summed E-state index contributed by atoms with van der Waals surface area (Å²) in [7, 11) is 1.61. The molecule has 0 radical (unpaired) electrons. The number of hydrogen-bond acceptors (Lipinski definition) is 6. The summed E-state index contributed by atoms with van der Waals surface area (Å²) in [5, 5.41) is 4.57. The molecule has 0 saturated carbocycles. The molecular formula is C21H26N6O3. The Bertz CT molecular complexity index is 1100. The summed E-state index contributed by atoms with van der Waals surface area (Å²) in [6.07, 6.45) is 3.06. The van der Waals surface area contributed by atoms with E-state index in [4.69, 9.17) is 4.74 Å². The lowest BCUT2D eigenvalue weighted by atomic mass is 9.95. The number of piperidine rings is 1. The van der Waals surface area contributed by atoms with Crippen LogP contribution >= 0.6 is 0 Å². The maximum absolute atomic E-state index is 12.9. The van der Waals surface area contributed by atoms with Crippen molar-refractivity contribution >= 4 is 16.9 Å². The molecule has 0 unspecified atom stereocenters. The van der Waals surface area contributed by atoms with Gasteiger partial charge in [-0.15, -0.1) is 0 Å². The molecule has 1 saturated heterocycles. The minimum atomic E-state index is -0.106. The van der Waals surface area contributed by atoms with Gasteiger partial charge in [0, 0.05) is 32.7 Å². The van der Waals surface area contributed by atoms with Gasteiger partial charge >= 0.3 is 5.69 Å². The van der Waals surface area contributed by atoms with Gasteiger partial charge in [-0.25, -0.2) is 14.5 Å². The van der Waals surface area contributed by atoms with Gasteiger partial charge in [-0.2, -0.15) is 5.10 Å². The molecule has 1 aliphatic heterocycles. The summed E-state index contributed by atoms with van der Waals surface area (Å²) >= 11 is 0. The van der Waals surface area contributed by atoms with Gasteiger partial charge in [-0.3, -0.25) is 14.3 Å². The SMILES string of the molecule is CCn1c(C2CCN(C(=O)c3cnc4ccccc4n3)CC2)nn(CCOC)c1=O. The van der Waals surface area contributed by atoms with Crippen LogP contribution in [0.3, 0.4) is 0 Å². The van der Waals surface area contributed by atoms with Crippen LogP contribution in [0.1, 0.15) is 42.0 Å². The Morgan fingerprint density at radius 1 is 1.20 bits per heavy atom. The molecule has 158 valence electrons. The van der Waals surface area contributed by atoms with Crippen LogP contribution in [0.5, 0.6) is 0 Å². The van der Waals surface area contributed by atoms with Gasteiger partial charge in [-0.05, 0) is 31.9 Å². The van der Waals surface area contributed by atoms with Crippen LogP contribution in [-0.2, 0) is 17.8 Å². The van der Waals surface area contributed by atoms with Crippen molar-refractivity contribution in [1.82, 2.24) is 29.2 Å². The van der Waals surface area contributed by atoms with Crippen molar-refractivity contribution in [3.05, 3.63) is 52.5 Å². The number of rotatable bonds is 6. The molecule has 0 bridgehead atoms. The third-order valence-electron chi connectivity index (χ3n) is 5.59. The van der Waals surface area contributed by atoms with Crippen LogP contribution in [-0.4, -0.2) is 61.9 Å². The van der Waals surface area contributed by atoms with E-state index >= 15 is 0 Å². The number of nitrogens with zero attached hydrogens (tertiary/aromatic N) is 6. The van der Waals surface area contributed by atoms with E-state index < -0.39 is 0 Å². The van der Waals surface area contributed by atoms with Crippen molar-refractivity contribution in [2.45, 2.75) is 38.8 Å². The lowest BCUT2D eigenvalue weighted by molar-refractivity contribution is 0.0704. The van der Waals surface area contributed by atoms with Crippen molar-refractivity contribution < 1.29 is 9.53 Å². The van der Waals surface area contributed by atoms with Gasteiger partial charge < -0.3 is 9.64 Å². The summed E-state index contributed by atoms with van der Waals surface area (Å²) in [6.45, 7) is 4.60. The van der Waals surface area contributed by atoms with Crippen LogP contribution in [0.2, 0.25) is 0 Å². The summed E-state index contributed by atoms with van der Waals surface area (Å²) < 4.78 is 8.28. The molecule has 0 aliphatic carbocycles. The van der Waals surface area contributed by atoms with E-state index in [9.17, 15) is 9.59 Å². The standard InChI is InChI=1S/C21H26N6O3/c1-3-26-19(24-27(21(26)29)12-13-30-2)15-8-10-25(11-9-15)20(28)18-14-22-16-6-4-5-7-17(16)23-18/h4-7,14-15H,3,8-13H2,1-2H3. The molecule has 4 rings (SSSR count). The Labute approximate surface area is 174 Å². The Morgan fingerprint density at radius 2 is 1.93 bits per heavy atom. The van der Waals surface area contributed by atoms with Gasteiger partial charge in [-0.1, -0.05) is 12.1 Å². The minimum Gasteiger partial charge on any atom is -0.383 e. The van der Waals surface area contributed by atoms with Gasteiger partial charge in [0.2, 0.25) is 0 Å². The molecule has 3 aromatic rings. The number of carbonyl (C=O) groups excluding carboxylic acids is 1. The highest BCUT2D eigenvalue weighted by atomic mass is 16.5. The normalized spacial score (nSPS) is 15.1. The van der Waals surface area contributed by atoms with Crippen molar-refractivity contribution in [2.75, 3.05) is 26.8 Å². The fourth-order valence-corrected chi connectivity index (χ4v) is 3.94. The lowest BCUT2D eigenvalue weighted by Crippen LogP contribution is -2.39. The van der Waals surface area contributed by atoms with E-state index in [1.165, 1.54) is 4.68 Å². The zero-order valence-corrected chi connectivity index (χ0v) is 17.3. The fourth-order valence-electron chi connectivity index (χ4n) is 3.94. The highest BCUT2D eigenvalue weighted by molar-refractivity contribution is 5.93. The lowest BCUT2D eigenvalue weighted by Gasteiger charge is -2.31. The molecule has 0 atom stereocenters. The number of para-hydroxylation sites is 2. The number of ether oxygens (including phenoxy) is 1. The summed E-state index contributed by atoms with van der Waals surface area (Å²) in [5.74, 6) is 0.842. The first-order valence-corrected chi connectivity index (χ1v) is 10.3. The zero-order chi connectivity index (χ0) is 21.1. The molecule has 0 N–H and O–H groups in total. The number of benzene rings is 1. The monoisotopic (exact) mass is 410 g/mol. The number of aromatic nitrogens is 5. The highest BCUT2D eigenvalue weighted by Gasteiger charge is 2.29. The molecule has 2 aromatic heterocycles. The molecule has 1 fully saturated rings. The van der Waals surface area contributed by atoms with E-state index in [-0.39, 0.29) is 17.5 Å². The molecular weight excluding hydrogens is 384 g/mol. The van der Waals surface area contributed by atoms with Crippen molar-refractivity contribution in [2.24, 2.45) is 0 Å².